The molecule has 1 unspecified atom stereocenters. The molecule has 1 atom stereocenters. The molecule has 2 amide bonds. The lowest BCUT2D eigenvalue weighted by atomic mass is 10.2. The maximum atomic E-state index is 12.2. The highest BCUT2D eigenvalue weighted by Crippen LogP contribution is 2.25. The number of ether oxygens (including phenoxy) is 2. The molecule has 23 heavy (non-hydrogen) atoms. The van der Waals surface area contributed by atoms with Crippen LogP contribution in [-0.4, -0.2) is 32.1 Å². The lowest BCUT2D eigenvalue weighted by Crippen LogP contribution is -2.41. The van der Waals surface area contributed by atoms with Crippen molar-refractivity contribution in [3.05, 3.63) is 40.6 Å². The Hall–Kier alpha value is -2.54. The van der Waals surface area contributed by atoms with Crippen molar-refractivity contribution in [1.82, 2.24) is 5.32 Å². The predicted octanol–water partition coefficient (Wildman–Crippen LogP) is 2.52. The van der Waals surface area contributed by atoms with Gasteiger partial charge in [0.15, 0.2) is 0 Å². The van der Waals surface area contributed by atoms with E-state index in [-0.39, 0.29) is 11.8 Å². The van der Waals surface area contributed by atoms with Crippen LogP contribution < -0.4 is 20.1 Å². The Bertz CT molecular complexity index is 663. The average Bonchev–Trinajstić information content (AvgIpc) is 3.08. The molecule has 0 saturated carbocycles. The van der Waals surface area contributed by atoms with Crippen molar-refractivity contribution in [1.29, 1.82) is 0 Å². The van der Waals surface area contributed by atoms with Crippen molar-refractivity contribution in [2.75, 3.05) is 19.5 Å². The number of amides is 2. The van der Waals surface area contributed by atoms with E-state index in [4.69, 9.17) is 9.47 Å². The second-order valence-corrected chi connectivity index (χ2v) is 5.71. The van der Waals surface area contributed by atoms with Crippen LogP contribution in [0, 0.1) is 0 Å². The molecule has 0 aliphatic rings. The number of nitrogens with one attached hydrogen (secondary N) is 2. The summed E-state index contributed by atoms with van der Waals surface area (Å²) in [5.74, 6) is 0.529. The smallest absolute Gasteiger partial charge is 0.261 e. The quantitative estimate of drug-likeness (QED) is 0.851. The van der Waals surface area contributed by atoms with E-state index in [1.165, 1.54) is 25.6 Å². The fraction of sp³-hybridized carbons (Fsp3) is 0.250. The molecule has 2 rings (SSSR count). The maximum absolute atomic E-state index is 12.2. The number of benzene rings is 1. The van der Waals surface area contributed by atoms with Crippen LogP contribution in [0.1, 0.15) is 16.6 Å². The summed E-state index contributed by atoms with van der Waals surface area (Å²) >= 11 is 1.32. The van der Waals surface area contributed by atoms with Crippen molar-refractivity contribution in [3.8, 4) is 11.5 Å². The normalized spacial score (nSPS) is 11.4. The second kappa shape index (κ2) is 7.64. The predicted molar refractivity (Wildman–Crippen MR) is 89.4 cm³/mol. The molecule has 0 aliphatic carbocycles. The van der Waals surface area contributed by atoms with Crippen molar-refractivity contribution < 1.29 is 19.1 Å². The Morgan fingerprint density at radius 2 is 1.78 bits per heavy atom. The van der Waals surface area contributed by atoms with Crippen LogP contribution in [0.2, 0.25) is 0 Å². The highest BCUT2D eigenvalue weighted by Gasteiger charge is 2.17. The molecular weight excluding hydrogens is 316 g/mol. The molecular formula is C16H18N2O4S. The lowest BCUT2D eigenvalue weighted by molar-refractivity contribution is -0.117. The van der Waals surface area contributed by atoms with E-state index in [1.54, 1.807) is 37.3 Å². The van der Waals surface area contributed by atoms with Gasteiger partial charge in [-0.25, -0.2) is 0 Å². The van der Waals surface area contributed by atoms with Crippen molar-refractivity contribution in [3.63, 3.8) is 0 Å². The number of anilines is 1. The lowest BCUT2D eigenvalue weighted by Gasteiger charge is -2.15. The van der Waals surface area contributed by atoms with Crippen molar-refractivity contribution in [2.24, 2.45) is 0 Å². The highest BCUT2D eigenvalue weighted by atomic mass is 32.1. The second-order valence-electron chi connectivity index (χ2n) is 4.76. The third-order valence-corrected chi connectivity index (χ3v) is 3.97. The van der Waals surface area contributed by atoms with Crippen LogP contribution in [0.4, 0.5) is 5.69 Å². The van der Waals surface area contributed by atoms with E-state index in [2.05, 4.69) is 10.6 Å². The van der Waals surface area contributed by atoms with Crippen LogP contribution in [0.3, 0.4) is 0 Å². The van der Waals surface area contributed by atoms with Crippen LogP contribution >= 0.6 is 11.3 Å². The van der Waals surface area contributed by atoms with Gasteiger partial charge < -0.3 is 20.1 Å². The molecule has 0 fully saturated rings. The van der Waals surface area contributed by atoms with E-state index in [9.17, 15) is 9.59 Å². The summed E-state index contributed by atoms with van der Waals surface area (Å²) in [6.45, 7) is 1.62. The number of thiophene rings is 1. The van der Waals surface area contributed by atoms with Gasteiger partial charge in [-0.2, -0.15) is 0 Å². The van der Waals surface area contributed by atoms with E-state index in [1.807, 2.05) is 5.38 Å². The Labute approximate surface area is 138 Å². The molecule has 0 radical (unpaired) electrons. The van der Waals surface area contributed by atoms with Gasteiger partial charge >= 0.3 is 0 Å². The van der Waals surface area contributed by atoms with E-state index < -0.39 is 6.04 Å². The topological polar surface area (TPSA) is 76.7 Å². The molecule has 2 N–H and O–H groups in total. The molecule has 0 spiro atoms. The first-order valence-corrected chi connectivity index (χ1v) is 7.79. The zero-order valence-corrected chi connectivity index (χ0v) is 13.9. The molecule has 1 aromatic heterocycles. The molecule has 1 aromatic carbocycles. The molecule has 1 heterocycles. The summed E-state index contributed by atoms with van der Waals surface area (Å²) in [5.41, 5.74) is 0.531. The third kappa shape index (κ3) is 4.46. The Morgan fingerprint density at radius 3 is 2.30 bits per heavy atom. The fourth-order valence-electron chi connectivity index (χ4n) is 1.87. The summed E-state index contributed by atoms with van der Waals surface area (Å²) in [7, 11) is 3.06. The number of hydrogen-bond donors (Lipinski definition) is 2. The number of carbonyl (C=O) groups excluding carboxylic acids is 2. The number of hydrogen-bond acceptors (Lipinski definition) is 5. The molecule has 122 valence electrons. The van der Waals surface area contributed by atoms with Gasteiger partial charge in [-0.05, 0) is 18.4 Å². The van der Waals surface area contributed by atoms with Gasteiger partial charge in [0.25, 0.3) is 5.91 Å². The first-order chi connectivity index (χ1) is 11.0. The van der Waals surface area contributed by atoms with Gasteiger partial charge in [0.2, 0.25) is 5.91 Å². The van der Waals surface area contributed by atoms with Crippen LogP contribution in [-0.2, 0) is 4.79 Å². The maximum Gasteiger partial charge on any atom is 0.261 e. The van der Waals surface area contributed by atoms with Crippen LogP contribution in [0.25, 0.3) is 0 Å². The van der Waals surface area contributed by atoms with Gasteiger partial charge in [0.05, 0.1) is 19.1 Å². The average molecular weight is 334 g/mol. The van der Waals surface area contributed by atoms with Gasteiger partial charge in [0, 0.05) is 23.9 Å². The van der Waals surface area contributed by atoms with Gasteiger partial charge in [-0.3, -0.25) is 9.59 Å². The fourth-order valence-corrected chi connectivity index (χ4v) is 2.50. The van der Waals surface area contributed by atoms with E-state index in [0.29, 0.717) is 22.1 Å². The molecule has 7 heteroatoms. The van der Waals surface area contributed by atoms with Gasteiger partial charge in [-0.1, -0.05) is 6.07 Å². The Morgan fingerprint density at radius 1 is 1.13 bits per heavy atom. The zero-order valence-electron chi connectivity index (χ0n) is 13.1. The largest absolute Gasteiger partial charge is 0.497 e. The SMILES string of the molecule is COc1cc(NC(=O)C(C)NC(=O)c2cccs2)cc(OC)c1. The monoisotopic (exact) mass is 334 g/mol. The Balaban J connectivity index is 2.02. The van der Waals surface area contributed by atoms with Crippen LogP contribution in [0.15, 0.2) is 35.7 Å². The third-order valence-electron chi connectivity index (χ3n) is 3.10. The van der Waals surface area contributed by atoms with Crippen LogP contribution in [0.5, 0.6) is 11.5 Å². The molecule has 6 nitrogen and oxygen atoms in total. The zero-order chi connectivity index (χ0) is 16.8. The number of carbonyl (C=O) groups is 2. The summed E-state index contributed by atoms with van der Waals surface area (Å²) in [5, 5.41) is 7.20. The first kappa shape index (κ1) is 16.8. The summed E-state index contributed by atoms with van der Waals surface area (Å²) in [6, 6.07) is 7.87. The van der Waals surface area contributed by atoms with E-state index in [0.717, 1.165) is 0 Å². The van der Waals surface area contributed by atoms with Gasteiger partial charge in [0.1, 0.15) is 17.5 Å². The minimum atomic E-state index is -0.679. The summed E-state index contributed by atoms with van der Waals surface area (Å²) < 4.78 is 10.3. The molecule has 0 bridgehead atoms. The standard InChI is InChI=1S/C16H18N2O4S/c1-10(17-16(20)14-5-4-6-23-14)15(19)18-11-7-12(21-2)9-13(8-11)22-3/h4-10H,1-3H3,(H,17,20)(H,18,19). The molecule has 0 saturated heterocycles. The Kier molecular flexibility index (Phi) is 5.59. The molecule has 2 aromatic rings. The summed E-state index contributed by atoms with van der Waals surface area (Å²) in [6.07, 6.45) is 0. The van der Waals surface area contributed by atoms with Gasteiger partial charge in [-0.15, -0.1) is 11.3 Å². The highest BCUT2D eigenvalue weighted by molar-refractivity contribution is 7.12. The van der Waals surface area contributed by atoms with E-state index >= 15 is 0 Å². The number of rotatable bonds is 6. The minimum absolute atomic E-state index is 0.272. The minimum Gasteiger partial charge on any atom is -0.497 e. The van der Waals surface area contributed by atoms with Crippen molar-refractivity contribution >= 4 is 28.8 Å². The first-order valence-electron chi connectivity index (χ1n) is 6.91. The summed E-state index contributed by atoms with van der Waals surface area (Å²) in [4.78, 5) is 24.7. The van der Waals surface area contributed by atoms with Crippen molar-refractivity contribution in [2.45, 2.75) is 13.0 Å². The number of methoxy groups -OCH3 is 2. The molecule has 0 aliphatic heterocycles.